The topological polar surface area (TPSA) is 18.5 Å². The fourth-order valence-electron chi connectivity index (χ4n) is 2.13. The van der Waals surface area contributed by atoms with E-state index in [0.29, 0.717) is 6.10 Å². The molecule has 1 saturated carbocycles. The lowest BCUT2D eigenvalue weighted by atomic mass is 9.85. The predicted octanol–water partition coefficient (Wildman–Crippen LogP) is 4.12. The first-order chi connectivity index (χ1) is 7.26. The lowest BCUT2D eigenvalue weighted by Crippen LogP contribution is -2.20. The van der Waals surface area contributed by atoms with Crippen molar-refractivity contribution in [3.8, 4) is 0 Å². The summed E-state index contributed by atoms with van der Waals surface area (Å²) in [5.41, 5.74) is 0. The zero-order chi connectivity index (χ0) is 11.1. The van der Waals surface area contributed by atoms with Crippen molar-refractivity contribution in [1.82, 2.24) is 0 Å². The molecule has 2 nitrogen and oxygen atoms in total. The van der Waals surface area contributed by atoms with Crippen LogP contribution in [0.2, 0.25) is 0 Å². The highest BCUT2D eigenvalue weighted by Crippen LogP contribution is 2.39. The molecule has 0 spiro atoms. The molecule has 15 heavy (non-hydrogen) atoms. The molecule has 1 aliphatic carbocycles. The molecule has 0 aromatic rings. The van der Waals surface area contributed by atoms with E-state index in [9.17, 15) is 0 Å². The van der Waals surface area contributed by atoms with Crippen molar-refractivity contribution >= 4 is 8.38 Å². The first-order valence-corrected chi connectivity index (χ1v) is 7.44. The molecule has 88 valence electrons. The lowest BCUT2D eigenvalue weighted by molar-refractivity contribution is 0.127. The van der Waals surface area contributed by atoms with Crippen molar-refractivity contribution < 1.29 is 9.05 Å². The van der Waals surface area contributed by atoms with Crippen molar-refractivity contribution in [2.24, 2.45) is 5.92 Å². The molecule has 0 heterocycles. The SMILES string of the molecule is C=CCCC1CCC(OP(C)OC)CC1. The number of hydrogen-bond donors (Lipinski definition) is 0. The van der Waals surface area contributed by atoms with Gasteiger partial charge in [-0.15, -0.1) is 6.58 Å². The van der Waals surface area contributed by atoms with Gasteiger partial charge in [0.25, 0.3) is 0 Å². The molecule has 0 N–H and O–H groups in total. The highest BCUT2D eigenvalue weighted by atomic mass is 31.2. The zero-order valence-electron chi connectivity index (χ0n) is 9.95. The Bertz CT molecular complexity index is 176. The summed E-state index contributed by atoms with van der Waals surface area (Å²) < 4.78 is 11.0. The summed E-state index contributed by atoms with van der Waals surface area (Å²) in [5, 5.41) is 0. The quantitative estimate of drug-likeness (QED) is 0.505. The summed E-state index contributed by atoms with van der Waals surface area (Å²) in [5.74, 6) is 0.897. The first kappa shape index (κ1) is 13.2. The van der Waals surface area contributed by atoms with Crippen molar-refractivity contribution in [2.75, 3.05) is 13.8 Å². The van der Waals surface area contributed by atoms with Gasteiger partial charge in [-0.1, -0.05) is 6.08 Å². The molecule has 0 saturated heterocycles. The van der Waals surface area contributed by atoms with E-state index in [1.807, 2.05) is 12.7 Å². The lowest BCUT2D eigenvalue weighted by Gasteiger charge is -2.29. The highest BCUT2D eigenvalue weighted by molar-refractivity contribution is 7.46. The maximum Gasteiger partial charge on any atom is 0.167 e. The largest absolute Gasteiger partial charge is 0.338 e. The first-order valence-electron chi connectivity index (χ1n) is 5.81. The second kappa shape index (κ2) is 7.38. The van der Waals surface area contributed by atoms with Crippen LogP contribution < -0.4 is 0 Å². The van der Waals surface area contributed by atoms with E-state index < -0.39 is 8.38 Å². The highest BCUT2D eigenvalue weighted by Gasteiger charge is 2.22. The molecule has 1 unspecified atom stereocenters. The van der Waals surface area contributed by atoms with E-state index in [4.69, 9.17) is 9.05 Å². The standard InChI is InChI=1S/C12H23O2P/c1-4-5-6-11-7-9-12(10-8-11)14-15(3)13-2/h4,11-12H,1,5-10H2,2-3H3. The predicted molar refractivity (Wildman–Crippen MR) is 66.1 cm³/mol. The van der Waals surface area contributed by atoms with Gasteiger partial charge in [0.2, 0.25) is 0 Å². The summed E-state index contributed by atoms with van der Waals surface area (Å²) in [7, 11) is 1.08. The Morgan fingerprint density at radius 3 is 2.53 bits per heavy atom. The van der Waals surface area contributed by atoms with Gasteiger partial charge >= 0.3 is 0 Å². The van der Waals surface area contributed by atoms with Crippen LogP contribution in [0.4, 0.5) is 0 Å². The molecule has 0 radical (unpaired) electrons. The van der Waals surface area contributed by atoms with Gasteiger partial charge < -0.3 is 9.05 Å². The van der Waals surface area contributed by atoms with Crippen LogP contribution in [0.25, 0.3) is 0 Å². The Morgan fingerprint density at radius 2 is 2.00 bits per heavy atom. The molecule has 0 bridgehead atoms. The van der Waals surface area contributed by atoms with Gasteiger partial charge in [0.1, 0.15) is 0 Å². The van der Waals surface area contributed by atoms with Gasteiger partial charge in [-0.3, -0.25) is 0 Å². The Morgan fingerprint density at radius 1 is 1.33 bits per heavy atom. The molecule has 1 rings (SSSR count). The fourth-order valence-corrected chi connectivity index (χ4v) is 2.85. The van der Waals surface area contributed by atoms with Crippen LogP contribution >= 0.6 is 8.38 Å². The number of allylic oxidation sites excluding steroid dienone is 1. The molecule has 1 aliphatic rings. The molecule has 0 aromatic heterocycles. The minimum atomic E-state index is -0.643. The number of rotatable bonds is 6. The Labute approximate surface area is 95.0 Å². The van der Waals surface area contributed by atoms with Crippen molar-refractivity contribution in [1.29, 1.82) is 0 Å². The molecule has 0 aromatic carbocycles. The van der Waals surface area contributed by atoms with Crippen LogP contribution in [0.1, 0.15) is 38.5 Å². The van der Waals surface area contributed by atoms with E-state index >= 15 is 0 Å². The van der Waals surface area contributed by atoms with Crippen LogP contribution in [-0.4, -0.2) is 19.9 Å². The minimum absolute atomic E-state index is 0.445. The summed E-state index contributed by atoms with van der Waals surface area (Å²) in [4.78, 5) is 0. The second-order valence-electron chi connectivity index (χ2n) is 4.24. The summed E-state index contributed by atoms with van der Waals surface area (Å²) >= 11 is 0. The maximum absolute atomic E-state index is 5.82. The van der Waals surface area contributed by atoms with E-state index in [1.54, 1.807) is 7.11 Å². The smallest absolute Gasteiger partial charge is 0.167 e. The Kier molecular flexibility index (Phi) is 6.47. The van der Waals surface area contributed by atoms with Crippen LogP contribution in [0.3, 0.4) is 0 Å². The zero-order valence-corrected chi connectivity index (χ0v) is 10.8. The molecule has 0 amide bonds. The normalized spacial score (nSPS) is 28.7. The van der Waals surface area contributed by atoms with Gasteiger partial charge in [0.15, 0.2) is 8.38 Å². The maximum atomic E-state index is 5.82. The van der Waals surface area contributed by atoms with E-state index in [0.717, 1.165) is 12.3 Å². The summed E-state index contributed by atoms with van der Waals surface area (Å²) in [6.07, 6.45) is 9.97. The summed E-state index contributed by atoms with van der Waals surface area (Å²) in [6.45, 7) is 5.80. The molecular weight excluding hydrogens is 207 g/mol. The van der Waals surface area contributed by atoms with Gasteiger partial charge in [0, 0.05) is 13.8 Å². The van der Waals surface area contributed by atoms with Crippen LogP contribution in [0.15, 0.2) is 12.7 Å². The van der Waals surface area contributed by atoms with Gasteiger partial charge in [-0.25, -0.2) is 0 Å². The third kappa shape index (κ3) is 5.10. The average molecular weight is 230 g/mol. The molecule has 3 heteroatoms. The van der Waals surface area contributed by atoms with Crippen molar-refractivity contribution in [3.63, 3.8) is 0 Å². The summed E-state index contributed by atoms with van der Waals surface area (Å²) in [6, 6.07) is 0. The molecule has 1 fully saturated rings. The Balaban J connectivity index is 2.15. The molecule has 0 aliphatic heterocycles. The van der Waals surface area contributed by atoms with Crippen molar-refractivity contribution in [3.05, 3.63) is 12.7 Å². The van der Waals surface area contributed by atoms with E-state index in [2.05, 4.69) is 6.58 Å². The molecular formula is C12H23O2P. The second-order valence-corrected chi connectivity index (χ2v) is 5.69. The average Bonchev–Trinajstić information content (AvgIpc) is 2.28. The van der Waals surface area contributed by atoms with Crippen molar-refractivity contribution in [2.45, 2.75) is 44.6 Å². The number of hydrogen-bond acceptors (Lipinski definition) is 2. The van der Waals surface area contributed by atoms with Gasteiger partial charge in [0.05, 0.1) is 6.10 Å². The van der Waals surface area contributed by atoms with E-state index in [-0.39, 0.29) is 0 Å². The van der Waals surface area contributed by atoms with Crippen LogP contribution in [0, 0.1) is 5.92 Å². The monoisotopic (exact) mass is 230 g/mol. The van der Waals surface area contributed by atoms with Crippen LogP contribution in [0.5, 0.6) is 0 Å². The fraction of sp³-hybridized carbons (Fsp3) is 0.833. The third-order valence-corrected chi connectivity index (χ3v) is 4.24. The van der Waals surface area contributed by atoms with Gasteiger partial charge in [-0.05, 0) is 44.4 Å². The molecule has 1 atom stereocenters. The minimum Gasteiger partial charge on any atom is -0.338 e. The van der Waals surface area contributed by atoms with Gasteiger partial charge in [-0.2, -0.15) is 0 Å². The third-order valence-electron chi connectivity index (χ3n) is 3.13. The van der Waals surface area contributed by atoms with Crippen LogP contribution in [-0.2, 0) is 9.05 Å². The van der Waals surface area contributed by atoms with E-state index in [1.165, 1.54) is 32.1 Å². The Hall–Kier alpha value is 0.0900.